The van der Waals surface area contributed by atoms with Crippen molar-refractivity contribution >= 4 is 16.9 Å². The van der Waals surface area contributed by atoms with Gasteiger partial charge in [-0.15, -0.1) is 0 Å². The van der Waals surface area contributed by atoms with Gasteiger partial charge in [0.2, 0.25) is 5.91 Å². The minimum absolute atomic E-state index is 0.132. The zero-order valence-electron chi connectivity index (χ0n) is 15.4. The molecule has 1 atom stereocenters. The lowest BCUT2D eigenvalue weighted by Gasteiger charge is -2.19. The normalized spacial score (nSPS) is 16.3. The van der Waals surface area contributed by atoms with E-state index >= 15 is 0 Å². The monoisotopic (exact) mass is 368 g/mol. The third-order valence-corrected chi connectivity index (χ3v) is 6.00. The Hall–Kier alpha value is -2.24. The molecular weight excluding hydrogens is 344 g/mol. The number of nitrogens with zero attached hydrogens (tertiary/aromatic N) is 1. The number of nitrogens with two attached hydrogens (primary N) is 1. The van der Waals surface area contributed by atoms with Crippen molar-refractivity contribution in [1.82, 2.24) is 4.31 Å². The van der Waals surface area contributed by atoms with E-state index in [1.165, 1.54) is 5.56 Å². The Morgan fingerprint density at radius 1 is 1.00 bits per heavy atom. The number of amides is 1. The van der Waals surface area contributed by atoms with Crippen LogP contribution < -0.4 is 5.73 Å². The van der Waals surface area contributed by atoms with E-state index in [4.69, 9.17) is 5.73 Å². The molecule has 2 aromatic rings. The predicted molar refractivity (Wildman–Crippen MR) is 106 cm³/mol. The van der Waals surface area contributed by atoms with E-state index in [1.807, 2.05) is 24.3 Å². The van der Waals surface area contributed by atoms with Crippen molar-refractivity contribution in [3.05, 3.63) is 65.7 Å². The van der Waals surface area contributed by atoms with Gasteiger partial charge in [-0.05, 0) is 34.2 Å². The molecular formula is C21H24N2O2S. The molecule has 136 valence electrons. The standard InChI is InChI=1S/C21H24N2O2S/c1-21(2,3)18-8-4-15(5-9-18)16-6-10-19(11-7-16)26(25)23-13-12-17(14-23)20(22)24/h4-12H,13-14H2,1-3H3,(H2,22,24). The molecule has 0 radical (unpaired) electrons. The fourth-order valence-electron chi connectivity index (χ4n) is 2.91. The summed E-state index contributed by atoms with van der Waals surface area (Å²) in [6, 6.07) is 16.3. The summed E-state index contributed by atoms with van der Waals surface area (Å²) in [5.74, 6) is -0.446. The van der Waals surface area contributed by atoms with Crippen LogP contribution in [0, 0.1) is 0 Å². The molecule has 26 heavy (non-hydrogen) atoms. The molecule has 2 N–H and O–H groups in total. The van der Waals surface area contributed by atoms with Crippen LogP contribution in [0.3, 0.4) is 0 Å². The van der Waals surface area contributed by atoms with Crippen molar-refractivity contribution in [2.45, 2.75) is 31.1 Å². The van der Waals surface area contributed by atoms with Gasteiger partial charge in [-0.25, -0.2) is 8.51 Å². The summed E-state index contributed by atoms with van der Waals surface area (Å²) in [5.41, 5.74) is 9.46. The summed E-state index contributed by atoms with van der Waals surface area (Å²) in [4.78, 5) is 11.9. The van der Waals surface area contributed by atoms with Gasteiger partial charge in [0.15, 0.2) is 0 Å². The summed E-state index contributed by atoms with van der Waals surface area (Å²) in [6.45, 7) is 7.40. The van der Waals surface area contributed by atoms with Crippen LogP contribution in [-0.4, -0.2) is 27.5 Å². The van der Waals surface area contributed by atoms with Gasteiger partial charge in [-0.3, -0.25) is 4.79 Å². The highest BCUT2D eigenvalue weighted by atomic mass is 32.2. The minimum atomic E-state index is -1.30. The van der Waals surface area contributed by atoms with Crippen molar-refractivity contribution in [3.63, 3.8) is 0 Å². The maximum absolute atomic E-state index is 12.7. The van der Waals surface area contributed by atoms with Crippen molar-refractivity contribution in [2.75, 3.05) is 13.1 Å². The first-order valence-electron chi connectivity index (χ1n) is 8.62. The Morgan fingerprint density at radius 3 is 2.00 bits per heavy atom. The maximum atomic E-state index is 12.7. The van der Waals surface area contributed by atoms with Gasteiger partial charge < -0.3 is 5.73 Å². The average molecular weight is 369 g/mol. The van der Waals surface area contributed by atoms with Gasteiger partial charge in [0, 0.05) is 18.7 Å². The molecule has 1 amide bonds. The molecule has 3 rings (SSSR count). The Morgan fingerprint density at radius 2 is 1.54 bits per heavy atom. The average Bonchev–Trinajstić information content (AvgIpc) is 3.11. The Kier molecular flexibility index (Phi) is 5.12. The van der Waals surface area contributed by atoms with Gasteiger partial charge in [-0.1, -0.05) is 63.2 Å². The van der Waals surface area contributed by atoms with E-state index in [1.54, 1.807) is 10.4 Å². The number of carbonyl (C=O) groups is 1. The summed E-state index contributed by atoms with van der Waals surface area (Å²) in [7, 11) is -1.30. The van der Waals surface area contributed by atoms with Gasteiger partial charge in [0.1, 0.15) is 11.0 Å². The lowest BCUT2D eigenvalue weighted by atomic mass is 9.86. The van der Waals surface area contributed by atoms with Crippen LogP contribution in [0.1, 0.15) is 26.3 Å². The molecule has 1 aliphatic rings. The fourth-order valence-corrected chi connectivity index (χ4v) is 4.04. The van der Waals surface area contributed by atoms with Crippen molar-refractivity contribution in [3.8, 4) is 11.1 Å². The molecule has 1 heterocycles. The summed E-state index contributed by atoms with van der Waals surface area (Å²) in [6.07, 6.45) is 1.74. The van der Waals surface area contributed by atoms with Gasteiger partial charge >= 0.3 is 0 Å². The molecule has 5 heteroatoms. The molecule has 0 aliphatic carbocycles. The van der Waals surface area contributed by atoms with Crippen LogP contribution >= 0.6 is 0 Å². The summed E-state index contributed by atoms with van der Waals surface area (Å²) < 4.78 is 14.4. The predicted octanol–water partition coefficient (Wildman–Crippen LogP) is 3.40. The van der Waals surface area contributed by atoms with Crippen LogP contribution in [0.15, 0.2) is 65.1 Å². The van der Waals surface area contributed by atoms with E-state index < -0.39 is 16.9 Å². The number of benzene rings is 2. The van der Waals surface area contributed by atoms with Crippen LogP contribution in [0.2, 0.25) is 0 Å². The second-order valence-electron chi connectivity index (χ2n) is 7.52. The summed E-state index contributed by atoms with van der Waals surface area (Å²) in [5, 5.41) is 0. The topological polar surface area (TPSA) is 63.4 Å². The Labute approximate surface area is 157 Å². The number of hydrogen-bond donors (Lipinski definition) is 1. The fraction of sp³-hybridized carbons (Fsp3) is 0.286. The number of primary amides is 1. The van der Waals surface area contributed by atoms with Crippen LogP contribution in [0.4, 0.5) is 0 Å². The molecule has 1 unspecified atom stereocenters. The molecule has 0 bridgehead atoms. The lowest BCUT2D eigenvalue weighted by Crippen LogP contribution is -2.26. The quantitative estimate of drug-likeness (QED) is 0.899. The Balaban J connectivity index is 1.73. The van der Waals surface area contributed by atoms with Crippen LogP contribution in [0.5, 0.6) is 0 Å². The zero-order valence-corrected chi connectivity index (χ0v) is 16.2. The third kappa shape index (κ3) is 3.94. The largest absolute Gasteiger partial charge is 0.366 e. The number of hydrogen-bond acceptors (Lipinski definition) is 2. The highest BCUT2D eigenvalue weighted by Crippen LogP contribution is 2.27. The van der Waals surface area contributed by atoms with E-state index in [0.717, 1.165) is 16.0 Å². The highest BCUT2D eigenvalue weighted by Gasteiger charge is 2.23. The molecule has 2 aromatic carbocycles. The maximum Gasteiger partial charge on any atom is 0.245 e. The SMILES string of the molecule is CC(C)(C)c1ccc(-c2ccc(S(=O)N3CC=C(C(N)=O)C3)cc2)cc1. The summed E-state index contributed by atoms with van der Waals surface area (Å²) >= 11 is 0. The third-order valence-electron chi connectivity index (χ3n) is 4.58. The smallest absolute Gasteiger partial charge is 0.245 e. The number of carbonyl (C=O) groups excluding carboxylic acids is 1. The molecule has 0 saturated heterocycles. The number of rotatable bonds is 4. The molecule has 0 aromatic heterocycles. The molecule has 0 spiro atoms. The first-order valence-corrected chi connectivity index (χ1v) is 9.73. The second-order valence-corrected chi connectivity index (χ2v) is 9.00. The Bertz CT molecular complexity index is 862. The van der Waals surface area contributed by atoms with Crippen LogP contribution in [0.25, 0.3) is 11.1 Å². The van der Waals surface area contributed by atoms with Crippen molar-refractivity contribution < 1.29 is 9.00 Å². The molecule has 1 aliphatic heterocycles. The molecule has 4 nitrogen and oxygen atoms in total. The minimum Gasteiger partial charge on any atom is -0.366 e. The molecule has 0 saturated carbocycles. The lowest BCUT2D eigenvalue weighted by molar-refractivity contribution is -0.114. The van der Waals surface area contributed by atoms with Crippen LogP contribution in [-0.2, 0) is 21.2 Å². The zero-order chi connectivity index (χ0) is 18.9. The van der Waals surface area contributed by atoms with E-state index in [9.17, 15) is 9.00 Å². The van der Waals surface area contributed by atoms with Gasteiger partial charge in [0.05, 0.1) is 4.90 Å². The van der Waals surface area contributed by atoms with E-state index in [2.05, 4.69) is 45.0 Å². The van der Waals surface area contributed by atoms with E-state index in [-0.39, 0.29) is 5.41 Å². The van der Waals surface area contributed by atoms with Crippen molar-refractivity contribution in [1.29, 1.82) is 0 Å². The van der Waals surface area contributed by atoms with Gasteiger partial charge in [-0.2, -0.15) is 0 Å². The first kappa shape index (κ1) is 18.5. The first-order chi connectivity index (χ1) is 12.3. The second kappa shape index (κ2) is 7.17. The van der Waals surface area contributed by atoms with E-state index in [0.29, 0.717) is 18.7 Å². The van der Waals surface area contributed by atoms with Crippen molar-refractivity contribution in [2.24, 2.45) is 5.73 Å². The highest BCUT2D eigenvalue weighted by molar-refractivity contribution is 7.82. The van der Waals surface area contributed by atoms with Gasteiger partial charge in [0.25, 0.3) is 0 Å². The molecule has 0 fully saturated rings.